The lowest BCUT2D eigenvalue weighted by Gasteiger charge is -2.31. The summed E-state index contributed by atoms with van der Waals surface area (Å²) in [4.78, 5) is 29.7. The minimum absolute atomic E-state index is 0.666. The van der Waals surface area contributed by atoms with Crippen molar-refractivity contribution >= 4 is 13.9 Å². The van der Waals surface area contributed by atoms with Gasteiger partial charge in [-0.1, -0.05) is 0 Å². The first-order valence-corrected chi connectivity index (χ1v) is 7.39. The number of aliphatic hydroxyl groups is 3. The van der Waals surface area contributed by atoms with Crippen LogP contribution in [-0.2, 0) is 13.8 Å². The molecule has 11 nitrogen and oxygen atoms in total. The summed E-state index contributed by atoms with van der Waals surface area (Å²) in [6.07, 6.45) is -4.33. The van der Waals surface area contributed by atoms with Gasteiger partial charge in [0.2, 0.25) is 0 Å². The van der Waals surface area contributed by atoms with Gasteiger partial charge >= 0.3 is 13.9 Å². The fraction of sp³-hybridized carbons (Fsp3) is 0.667. The molecule has 0 bridgehead atoms. The molecule has 21 heavy (non-hydrogen) atoms. The van der Waals surface area contributed by atoms with Gasteiger partial charge in [-0.15, -0.1) is 0 Å². The van der Waals surface area contributed by atoms with Crippen LogP contribution in [0.4, 0.5) is 4.79 Å². The number of carbonyl (C=O) groups excluding carboxylic acids is 1. The summed E-state index contributed by atoms with van der Waals surface area (Å²) in [5.74, 6) is 0. The van der Waals surface area contributed by atoms with Crippen molar-refractivity contribution in [1.82, 2.24) is 10.2 Å². The Morgan fingerprint density at radius 1 is 1.33 bits per heavy atom. The van der Waals surface area contributed by atoms with E-state index in [1.807, 2.05) is 0 Å². The minimum atomic E-state index is -4.75. The van der Waals surface area contributed by atoms with Gasteiger partial charge < -0.3 is 35.2 Å². The van der Waals surface area contributed by atoms with Crippen molar-refractivity contribution in [1.29, 1.82) is 0 Å². The van der Waals surface area contributed by atoms with E-state index in [2.05, 4.69) is 9.84 Å². The summed E-state index contributed by atoms with van der Waals surface area (Å²) in [5, 5.41) is 30.9. The van der Waals surface area contributed by atoms with E-state index in [1.165, 1.54) is 6.08 Å². The molecule has 0 aromatic rings. The molecule has 0 radical (unpaired) electrons. The summed E-state index contributed by atoms with van der Waals surface area (Å²) in [7, 11) is -4.75. The lowest BCUT2D eigenvalue weighted by Crippen LogP contribution is -2.53. The Bertz CT molecular complexity index is 480. The second kappa shape index (κ2) is 5.99. The third kappa shape index (κ3) is 3.78. The first kappa shape index (κ1) is 16.3. The minimum Gasteiger partial charge on any atom is -0.387 e. The van der Waals surface area contributed by atoms with Crippen LogP contribution in [0.2, 0.25) is 0 Å². The van der Waals surface area contributed by atoms with E-state index in [1.54, 1.807) is 0 Å². The van der Waals surface area contributed by atoms with Crippen molar-refractivity contribution in [3.8, 4) is 0 Å². The number of amides is 2. The largest absolute Gasteiger partial charge is 0.469 e. The highest BCUT2D eigenvalue weighted by Crippen LogP contribution is 2.37. The predicted octanol–water partition coefficient (Wildman–Crippen LogP) is -2.60. The smallest absolute Gasteiger partial charge is 0.387 e. The van der Waals surface area contributed by atoms with Crippen LogP contribution in [0, 0.1) is 0 Å². The van der Waals surface area contributed by atoms with Crippen LogP contribution < -0.4 is 5.32 Å². The summed E-state index contributed by atoms with van der Waals surface area (Å²) < 4.78 is 20.0. The van der Waals surface area contributed by atoms with Gasteiger partial charge in [0, 0.05) is 6.20 Å². The quantitative estimate of drug-likeness (QED) is 0.303. The van der Waals surface area contributed by atoms with E-state index in [9.17, 15) is 24.7 Å². The Morgan fingerprint density at radius 3 is 2.57 bits per heavy atom. The van der Waals surface area contributed by atoms with Crippen LogP contribution in [0.1, 0.15) is 0 Å². The van der Waals surface area contributed by atoms with Crippen molar-refractivity contribution in [2.75, 3.05) is 6.61 Å². The normalized spacial score (nSPS) is 36.9. The molecule has 2 rings (SSSR count). The molecule has 1 fully saturated rings. The van der Waals surface area contributed by atoms with Crippen molar-refractivity contribution in [2.24, 2.45) is 0 Å². The Hall–Kier alpha value is -1.04. The molecule has 0 aromatic carbocycles. The highest BCUT2D eigenvalue weighted by molar-refractivity contribution is 7.46. The highest BCUT2D eigenvalue weighted by Gasteiger charge is 2.47. The first-order chi connectivity index (χ1) is 9.69. The van der Waals surface area contributed by atoms with Gasteiger partial charge in [0.1, 0.15) is 24.5 Å². The number of hydrogen-bond acceptors (Lipinski definition) is 7. The van der Waals surface area contributed by atoms with Crippen LogP contribution >= 0.6 is 7.82 Å². The molecular formula is C9H15N2O9P. The Labute approximate surface area is 118 Å². The van der Waals surface area contributed by atoms with Crippen molar-refractivity contribution in [3.05, 3.63) is 12.3 Å². The number of nitrogens with one attached hydrogen (secondary N) is 1. The summed E-state index contributed by atoms with van der Waals surface area (Å²) >= 11 is 0. The number of rotatable bonds is 4. The second-order valence-corrected chi connectivity index (χ2v) is 5.72. The third-order valence-corrected chi connectivity index (χ3v) is 3.44. The topological polar surface area (TPSA) is 169 Å². The van der Waals surface area contributed by atoms with E-state index in [4.69, 9.17) is 14.5 Å². The molecule has 0 spiro atoms. The van der Waals surface area contributed by atoms with E-state index in [0.29, 0.717) is 0 Å². The molecule has 2 amide bonds. The van der Waals surface area contributed by atoms with Crippen molar-refractivity contribution in [2.45, 2.75) is 30.8 Å². The summed E-state index contributed by atoms with van der Waals surface area (Å²) in [6.45, 7) is -0.666. The second-order valence-electron chi connectivity index (χ2n) is 4.48. The Balaban J connectivity index is 2.04. The zero-order chi connectivity index (χ0) is 15.8. The van der Waals surface area contributed by atoms with Crippen LogP contribution in [0.5, 0.6) is 0 Å². The molecule has 2 aliphatic heterocycles. The van der Waals surface area contributed by atoms with Crippen LogP contribution in [0.25, 0.3) is 0 Å². The lowest BCUT2D eigenvalue weighted by atomic mass is 10.1. The standard InChI is InChI=1S/C9H15N2O9P/c12-5-1-2-11(9(15)10-5)8-7(14)6(13)4(20-8)3-19-21(16,17)18/h1-2,4-8,12-14H,3H2,(H,10,15)(H2,16,17,18). The highest BCUT2D eigenvalue weighted by atomic mass is 31.2. The molecule has 5 unspecified atom stereocenters. The number of urea groups is 1. The molecule has 1 saturated heterocycles. The van der Waals surface area contributed by atoms with E-state index >= 15 is 0 Å². The first-order valence-electron chi connectivity index (χ1n) is 5.86. The number of carbonyl (C=O) groups is 1. The monoisotopic (exact) mass is 326 g/mol. The Morgan fingerprint density at radius 2 is 2.00 bits per heavy atom. The van der Waals surface area contributed by atoms with Crippen LogP contribution in [-0.4, -0.2) is 73.4 Å². The number of ether oxygens (including phenoxy) is 1. The zero-order valence-electron chi connectivity index (χ0n) is 10.5. The number of hydrogen-bond donors (Lipinski definition) is 6. The predicted molar refractivity (Wildman–Crippen MR) is 64.2 cm³/mol. The molecular weight excluding hydrogens is 311 g/mol. The molecule has 6 N–H and O–H groups in total. The Kier molecular flexibility index (Phi) is 4.66. The fourth-order valence-corrected chi connectivity index (χ4v) is 2.30. The molecule has 2 aliphatic rings. The maximum absolute atomic E-state index is 11.6. The SMILES string of the molecule is O=C1NC(O)C=CN1C1OC(COP(=O)(O)O)C(O)C1O. The fourth-order valence-electron chi connectivity index (χ4n) is 1.96. The lowest BCUT2D eigenvalue weighted by molar-refractivity contribution is -0.0671. The van der Waals surface area contributed by atoms with Crippen molar-refractivity contribution < 1.29 is 43.7 Å². The molecule has 5 atom stereocenters. The van der Waals surface area contributed by atoms with Crippen LogP contribution in [0.15, 0.2) is 12.3 Å². The van der Waals surface area contributed by atoms with Gasteiger partial charge in [-0.3, -0.25) is 9.42 Å². The van der Waals surface area contributed by atoms with Gasteiger partial charge in [-0.2, -0.15) is 0 Å². The molecule has 0 aliphatic carbocycles. The van der Waals surface area contributed by atoms with Gasteiger partial charge in [0.05, 0.1) is 6.61 Å². The van der Waals surface area contributed by atoms with E-state index in [0.717, 1.165) is 11.1 Å². The van der Waals surface area contributed by atoms with E-state index in [-0.39, 0.29) is 0 Å². The van der Waals surface area contributed by atoms with Gasteiger partial charge in [0.15, 0.2) is 6.23 Å². The van der Waals surface area contributed by atoms with Gasteiger partial charge in [-0.05, 0) is 6.08 Å². The average Bonchev–Trinajstić information content (AvgIpc) is 2.64. The molecule has 0 saturated carbocycles. The van der Waals surface area contributed by atoms with E-state index < -0.39 is 51.2 Å². The third-order valence-electron chi connectivity index (χ3n) is 2.95. The molecule has 0 aromatic heterocycles. The number of phosphoric ester groups is 1. The maximum atomic E-state index is 11.6. The van der Waals surface area contributed by atoms with Gasteiger partial charge in [0.25, 0.3) is 0 Å². The summed E-state index contributed by atoms with van der Waals surface area (Å²) in [6, 6.07) is -0.766. The summed E-state index contributed by atoms with van der Waals surface area (Å²) in [5.41, 5.74) is 0. The van der Waals surface area contributed by atoms with Crippen LogP contribution in [0.3, 0.4) is 0 Å². The van der Waals surface area contributed by atoms with Crippen molar-refractivity contribution in [3.63, 3.8) is 0 Å². The zero-order valence-corrected chi connectivity index (χ0v) is 11.4. The maximum Gasteiger partial charge on any atom is 0.469 e. The number of nitrogens with zero attached hydrogens (tertiary/aromatic N) is 1. The number of aliphatic hydroxyl groups excluding tert-OH is 3. The molecule has 2 heterocycles. The molecule has 120 valence electrons. The average molecular weight is 326 g/mol. The molecule has 12 heteroatoms. The number of phosphoric acid groups is 1. The van der Waals surface area contributed by atoms with Gasteiger partial charge in [-0.25, -0.2) is 9.36 Å².